The first-order valence-corrected chi connectivity index (χ1v) is 11.9. The summed E-state index contributed by atoms with van der Waals surface area (Å²) in [5.41, 5.74) is 5.05. The SMILES string of the molecule is Cc1ccc(C2=C(N3CCN(CCO)CC3)C(=O)N(CCc3c[nH]c4ccccc34)C2=O)cc1. The summed E-state index contributed by atoms with van der Waals surface area (Å²) >= 11 is 0. The molecule has 0 atom stereocenters. The number of hydrogen-bond acceptors (Lipinski definition) is 5. The third-order valence-electron chi connectivity index (χ3n) is 6.87. The number of benzene rings is 2. The summed E-state index contributed by atoms with van der Waals surface area (Å²) < 4.78 is 0. The first kappa shape index (κ1) is 22.4. The van der Waals surface area contributed by atoms with Gasteiger partial charge in [-0.15, -0.1) is 0 Å². The molecule has 1 saturated heterocycles. The van der Waals surface area contributed by atoms with Gasteiger partial charge >= 0.3 is 0 Å². The van der Waals surface area contributed by atoms with Crippen LogP contribution in [-0.2, 0) is 16.0 Å². The van der Waals surface area contributed by atoms with Gasteiger partial charge in [0.1, 0.15) is 5.70 Å². The van der Waals surface area contributed by atoms with E-state index in [2.05, 4.69) is 20.9 Å². The summed E-state index contributed by atoms with van der Waals surface area (Å²) in [6, 6.07) is 15.9. The van der Waals surface area contributed by atoms with Gasteiger partial charge in [0.25, 0.3) is 11.8 Å². The fraction of sp³-hybridized carbons (Fsp3) is 0.333. The summed E-state index contributed by atoms with van der Waals surface area (Å²) in [7, 11) is 0. The molecule has 0 unspecified atom stereocenters. The lowest BCUT2D eigenvalue weighted by molar-refractivity contribution is -0.137. The van der Waals surface area contributed by atoms with Crippen molar-refractivity contribution >= 4 is 28.3 Å². The van der Waals surface area contributed by atoms with E-state index in [1.54, 1.807) is 0 Å². The molecule has 0 radical (unpaired) electrons. The van der Waals surface area contributed by atoms with E-state index in [0.29, 0.717) is 43.9 Å². The summed E-state index contributed by atoms with van der Waals surface area (Å²) in [6.07, 6.45) is 2.56. The average molecular weight is 459 g/mol. The Morgan fingerprint density at radius 2 is 1.65 bits per heavy atom. The van der Waals surface area contributed by atoms with Gasteiger partial charge in [-0.05, 0) is 30.5 Å². The van der Waals surface area contributed by atoms with Crippen molar-refractivity contribution in [3.63, 3.8) is 0 Å². The van der Waals surface area contributed by atoms with Gasteiger partial charge in [-0.2, -0.15) is 0 Å². The molecular weight excluding hydrogens is 428 g/mol. The summed E-state index contributed by atoms with van der Waals surface area (Å²) in [4.78, 5) is 36.2. The topological polar surface area (TPSA) is 79.9 Å². The molecule has 2 N–H and O–H groups in total. The van der Waals surface area contributed by atoms with Gasteiger partial charge in [0.2, 0.25) is 0 Å². The number of piperazine rings is 1. The number of nitrogens with one attached hydrogen (secondary N) is 1. The molecule has 0 bridgehead atoms. The van der Waals surface area contributed by atoms with E-state index >= 15 is 0 Å². The molecule has 3 aromatic rings. The molecule has 2 amide bonds. The zero-order valence-electron chi connectivity index (χ0n) is 19.5. The van der Waals surface area contributed by atoms with E-state index in [-0.39, 0.29) is 18.4 Å². The number of para-hydroxylation sites is 1. The number of hydrogen-bond donors (Lipinski definition) is 2. The van der Waals surface area contributed by atoms with Crippen LogP contribution in [0.25, 0.3) is 16.5 Å². The molecule has 7 nitrogen and oxygen atoms in total. The highest BCUT2D eigenvalue weighted by molar-refractivity contribution is 6.35. The van der Waals surface area contributed by atoms with Crippen molar-refractivity contribution in [2.24, 2.45) is 0 Å². The summed E-state index contributed by atoms with van der Waals surface area (Å²) in [6.45, 7) is 5.90. The maximum Gasteiger partial charge on any atom is 0.277 e. The van der Waals surface area contributed by atoms with Crippen molar-refractivity contribution in [3.05, 3.63) is 77.1 Å². The van der Waals surface area contributed by atoms with Crippen molar-refractivity contribution in [1.82, 2.24) is 19.7 Å². The normalized spacial score (nSPS) is 17.5. The molecule has 3 heterocycles. The van der Waals surface area contributed by atoms with Gasteiger partial charge in [0.15, 0.2) is 0 Å². The highest BCUT2D eigenvalue weighted by atomic mass is 16.3. The Kier molecular flexibility index (Phi) is 6.22. The second kappa shape index (κ2) is 9.44. The van der Waals surface area contributed by atoms with Crippen LogP contribution in [0.3, 0.4) is 0 Å². The van der Waals surface area contributed by atoms with Crippen molar-refractivity contribution in [2.45, 2.75) is 13.3 Å². The van der Waals surface area contributed by atoms with Crippen LogP contribution in [0.15, 0.2) is 60.4 Å². The maximum atomic E-state index is 13.6. The number of aryl methyl sites for hydroxylation is 1. The number of nitrogens with zero attached hydrogens (tertiary/aromatic N) is 3. The van der Waals surface area contributed by atoms with E-state index in [0.717, 1.165) is 40.7 Å². The molecule has 0 aliphatic carbocycles. The molecule has 1 fully saturated rings. The number of aliphatic hydroxyl groups is 1. The van der Waals surface area contributed by atoms with Gasteiger partial charge in [-0.25, -0.2) is 0 Å². The third-order valence-corrected chi connectivity index (χ3v) is 6.87. The van der Waals surface area contributed by atoms with E-state index in [4.69, 9.17) is 0 Å². The van der Waals surface area contributed by atoms with Crippen molar-refractivity contribution in [3.8, 4) is 0 Å². The lowest BCUT2D eigenvalue weighted by Gasteiger charge is -2.36. The van der Waals surface area contributed by atoms with Crippen molar-refractivity contribution in [1.29, 1.82) is 0 Å². The van der Waals surface area contributed by atoms with Crippen LogP contribution >= 0.6 is 0 Å². The Balaban J connectivity index is 1.42. The van der Waals surface area contributed by atoms with E-state index in [1.165, 1.54) is 4.90 Å². The Hall–Kier alpha value is -3.42. The number of carbonyl (C=O) groups is 2. The third kappa shape index (κ3) is 4.13. The Morgan fingerprint density at radius 1 is 0.912 bits per heavy atom. The van der Waals surface area contributed by atoms with Crippen molar-refractivity contribution < 1.29 is 14.7 Å². The number of aliphatic hydroxyl groups excluding tert-OH is 1. The Labute approximate surface area is 199 Å². The monoisotopic (exact) mass is 458 g/mol. The second-order valence-corrected chi connectivity index (χ2v) is 9.01. The molecule has 2 aromatic carbocycles. The number of H-pyrrole nitrogens is 1. The minimum absolute atomic E-state index is 0.121. The maximum absolute atomic E-state index is 13.6. The predicted molar refractivity (Wildman–Crippen MR) is 132 cm³/mol. The van der Waals surface area contributed by atoms with Crippen molar-refractivity contribution in [2.75, 3.05) is 45.9 Å². The molecule has 34 heavy (non-hydrogen) atoms. The number of fused-ring (bicyclic) bond motifs is 1. The number of aromatic nitrogens is 1. The number of aromatic amines is 1. The van der Waals surface area contributed by atoms with Crippen LogP contribution in [-0.4, -0.2) is 82.5 Å². The fourth-order valence-electron chi connectivity index (χ4n) is 4.95. The van der Waals surface area contributed by atoms with Crippen LogP contribution < -0.4 is 0 Å². The van der Waals surface area contributed by atoms with Gasteiger partial charge in [0, 0.05) is 56.4 Å². The van der Waals surface area contributed by atoms with Gasteiger partial charge < -0.3 is 15.0 Å². The molecule has 176 valence electrons. The first-order chi connectivity index (χ1) is 16.6. The summed E-state index contributed by atoms with van der Waals surface area (Å²) in [5.74, 6) is -0.433. The minimum Gasteiger partial charge on any atom is -0.395 e. The molecule has 2 aliphatic rings. The van der Waals surface area contributed by atoms with Gasteiger partial charge in [-0.1, -0.05) is 48.0 Å². The molecule has 1 aromatic heterocycles. The van der Waals surface area contributed by atoms with Gasteiger partial charge in [-0.3, -0.25) is 19.4 Å². The molecule has 0 saturated carbocycles. The number of β-amino-alcohol motifs (C(OH)–C–C–N with tert-alkyl or cyclic N) is 1. The van der Waals surface area contributed by atoms with E-state index < -0.39 is 0 Å². The standard InChI is InChI=1S/C27H30N4O3/c1-19-6-8-20(9-7-19)24-25(30-14-12-29(13-15-30)16-17-32)27(34)31(26(24)33)11-10-21-18-28-23-5-3-2-4-22(21)23/h2-9,18,28,32H,10-17H2,1H3. The first-order valence-electron chi connectivity index (χ1n) is 11.9. The fourth-order valence-corrected chi connectivity index (χ4v) is 4.95. The molecular formula is C27H30N4O3. The van der Waals surface area contributed by atoms with E-state index in [1.807, 2.05) is 55.6 Å². The lowest BCUT2D eigenvalue weighted by atomic mass is 10.0. The van der Waals surface area contributed by atoms with Crippen LogP contribution in [0.4, 0.5) is 0 Å². The predicted octanol–water partition coefficient (Wildman–Crippen LogP) is 2.41. The van der Waals surface area contributed by atoms with E-state index in [9.17, 15) is 14.7 Å². The number of imide groups is 1. The zero-order valence-corrected chi connectivity index (χ0v) is 19.5. The number of amides is 2. The highest BCUT2D eigenvalue weighted by Crippen LogP contribution is 2.33. The summed E-state index contributed by atoms with van der Waals surface area (Å²) in [5, 5.41) is 10.4. The molecule has 2 aliphatic heterocycles. The van der Waals surface area contributed by atoms with Crippen LogP contribution in [0.1, 0.15) is 16.7 Å². The highest BCUT2D eigenvalue weighted by Gasteiger charge is 2.41. The van der Waals surface area contributed by atoms with Crippen LogP contribution in [0.2, 0.25) is 0 Å². The number of carbonyl (C=O) groups excluding carboxylic acids is 2. The largest absolute Gasteiger partial charge is 0.395 e. The molecule has 5 rings (SSSR count). The lowest BCUT2D eigenvalue weighted by Crippen LogP contribution is -2.48. The van der Waals surface area contributed by atoms with Crippen LogP contribution in [0.5, 0.6) is 0 Å². The van der Waals surface area contributed by atoms with Gasteiger partial charge in [0.05, 0.1) is 12.2 Å². The second-order valence-electron chi connectivity index (χ2n) is 9.01. The molecule has 7 heteroatoms. The zero-order chi connectivity index (χ0) is 23.7. The number of rotatable bonds is 7. The smallest absolute Gasteiger partial charge is 0.277 e. The minimum atomic E-state index is -0.221. The Morgan fingerprint density at radius 3 is 2.38 bits per heavy atom. The molecule has 0 spiro atoms. The quantitative estimate of drug-likeness (QED) is 0.532. The Bertz CT molecular complexity index is 1240. The average Bonchev–Trinajstić information content (AvgIpc) is 3.37. The van der Waals surface area contributed by atoms with Crippen LogP contribution in [0, 0.1) is 6.92 Å².